The van der Waals surface area contributed by atoms with Crippen molar-refractivity contribution in [2.24, 2.45) is 0 Å². The van der Waals surface area contributed by atoms with Crippen molar-refractivity contribution in [2.75, 3.05) is 5.75 Å². The van der Waals surface area contributed by atoms with E-state index in [9.17, 15) is 4.57 Å². The van der Waals surface area contributed by atoms with Crippen molar-refractivity contribution < 1.29 is 23.1 Å². The van der Waals surface area contributed by atoms with Crippen LogP contribution in [-0.4, -0.2) is 40.9 Å². The van der Waals surface area contributed by atoms with Gasteiger partial charge in [-0.1, -0.05) is 0 Å². The SMILES string of the molecule is CC(C)OP(=O)(OC(C)C)C1C[C@@H]2OC(C)(C)O[C@@H]2CS1. The van der Waals surface area contributed by atoms with E-state index in [2.05, 4.69) is 0 Å². The van der Waals surface area contributed by atoms with Gasteiger partial charge >= 0.3 is 7.60 Å². The third-order valence-electron chi connectivity index (χ3n) is 3.24. The van der Waals surface area contributed by atoms with Gasteiger partial charge in [-0.15, -0.1) is 11.8 Å². The first-order chi connectivity index (χ1) is 9.61. The Morgan fingerprint density at radius 2 is 1.62 bits per heavy atom. The summed E-state index contributed by atoms with van der Waals surface area (Å²) in [5.41, 5.74) is 0. The molecule has 2 rings (SSSR count). The summed E-state index contributed by atoms with van der Waals surface area (Å²) in [6.07, 6.45) is 0.393. The van der Waals surface area contributed by atoms with Gasteiger partial charge in [0.25, 0.3) is 0 Å². The van der Waals surface area contributed by atoms with E-state index in [4.69, 9.17) is 18.5 Å². The molecule has 0 N–H and O–H groups in total. The van der Waals surface area contributed by atoms with Crippen molar-refractivity contribution in [3.05, 3.63) is 0 Å². The van der Waals surface area contributed by atoms with Crippen molar-refractivity contribution in [1.82, 2.24) is 0 Å². The normalized spacial score (nSPS) is 32.7. The summed E-state index contributed by atoms with van der Waals surface area (Å²) in [5.74, 6) is 0.193. The smallest absolute Gasteiger partial charge is 0.344 e. The molecule has 5 nitrogen and oxygen atoms in total. The minimum Gasteiger partial charge on any atom is -0.344 e. The molecule has 1 unspecified atom stereocenters. The van der Waals surface area contributed by atoms with Crippen LogP contribution in [0.25, 0.3) is 0 Å². The van der Waals surface area contributed by atoms with E-state index >= 15 is 0 Å². The topological polar surface area (TPSA) is 54.0 Å². The zero-order valence-corrected chi connectivity index (χ0v) is 15.4. The fourth-order valence-corrected chi connectivity index (χ4v) is 6.96. The van der Waals surface area contributed by atoms with Crippen LogP contribution in [0.15, 0.2) is 0 Å². The first-order valence-electron chi connectivity index (χ1n) is 7.55. The van der Waals surface area contributed by atoms with Gasteiger partial charge in [-0.05, 0) is 48.0 Å². The van der Waals surface area contributed by atoms with Crippen molar-refractivity contribution in [3.8, 4) is 0 Å². The van der Waals surface area contributed by atoms with Gasteiger partial charge in [0.05, 0.1) is 24.4 Å². The first-order valence-corrected chi connectivity index (χ1v) is 10.2. The number of hydrogen-bond donors (Lipinski definition) is 0. The van der Waals surface area contributed by atoms with Gasteiger partial charge in [0.2, 0.25) is 0 Å². The molecule has 2 heterocycles. The molecule has 2 aliphatic heterocycles. The summed E-state index contributed by atoms with van der Waals surface area (Å²) >= 11 is 1.61. The molecule has 0 saturated carbocycles. The molecule has 0 aromatic rings. The lowest BCUT2D eigenvalue weighted by molar-refractivity contribution is -0.144. The predicted molar refractivity (Wildman–Crippen MR) is 84.7 cm³/mol. The molecule has 3 atom stereocenters. The lowest BCUT2D eigenvalue weighted by Gasteiger charge is -2.34. The Morgan fingerprint density at radius 1 is 1.10 bits per heavy atom. The standard InChI is InChI=1S/C14H27O5PS/c1-9(2)18-20(15,19-10(3)4)13-7-11-12(8-21-13)17-14(5,6)16-11/h9-13H,7-8H2,1-6H3/t11-,12+,13?/m0/s1. The average Bonchev–Trinajstić information content (AvgIpc) is 2.58. The van der Waals surface area contributed by atoms with E-state index in [-0.39, 0.29) is 29.4 Å². The van der Waals surface area contributed by atoms with Gasteiger partial charge in [-0.3, -0.25) is 4.57 Å². The van der Waals surface area contributed by atoms with Gasteiger partial charge in [0.15, 0.2) is 5.79 Å². The number of ether oxygens (including phenoxy) is 2. The zero-order chi connectivity index (χ0) is 15.8. The molecule has 21 heavy (non-hydrogen) atoms. The Hall–Kier alpha value is 0.420. The molecule has 0 aliphatic carbocycles. The molecule has 0 aromatic carbocycles. The number of hydrogen-bond acceptors (Lipinski definition) is 6. The van der Waals surface area contributed by atoms with Crippen LogP contribution in [0.4, 0.5) is 0 Å². The Morgan fingerprint density at radius 3 is 2.14 bits per heavy atom. The van der Waals surface area contributed by atoms with E-state index in [1.165, 1.54) is 0 Å². The Bertz CT molecular complexity index is 398. The Kier molecular flexibility index (Phi) is 5.50. The van der Waals surface area contributed by atoms with Crippen LogP contribution >= 0.6 is 19.4 Å². The van der Waals surface area contributed by atoms with Crippen molar-refractivity contribution >= 4 is 19.4 Å². The highest BCUT2D eigenvalue weighted by Gasteiger charge is 2.50. The quantitative estimate of drug-likeness (QED) is 0.706. The largest absolute Gasteiger partial charge is 0.344 e. The van der Waals surface area contributed by atoms with Gasteiger partial charge < -0.3 is 18.5 Å². The monoisotopic (exact) mass is 338 g/mol. The summed E-state index contributed by atoms with van der Waals surface area (Å²) in [6.45, 7) is 11.4. The third kappa shape index (κ3) is 4.46. The fourth-order valence-electron chi connectivity index (χ4n) is 2.69. The van der Waals surface area contributed by atoms with Gasteiger partial charge in [0, 0.05) is 5.75 Å². The summed E-state index contributed by atoms with van der Waals surface area (Å²) in [4.78, 5) is -0.193. The molecule has 7 heteroatoms. The van der Waals surface area contributed by atoms with Gasteiger partial charge in [-0.2, -0.15) is 0 Å². The molecule has 2 aliphatic rings. The Balaban J connectivity index is 2.10. The second-order valence-electron chi connectivity index (χ2n) is 6.58. The first kappa shape index (κ1) is 17.8. The third-order valence-corrected chi connectivity index (χ3v) is 7.91. The van der Waals surface area contributed by atoms with Gasteiger partial charge in [-0.25, -0.2) is 0 Å². The average molecular weight is 338 g/mol. The lowest BCUT2D eigenvalue weighted by Crippen LogP contribution is -2.35. The molecule has 0 aromatic heterocycles. The summed E-state index contributed by atoms with van der Waals surface area (Å²) < 4.78 is 36.4. The predicted octanol–water partition coefficient (Wildman–Crippen LogP) is 4.01. The molecule has 0 radical (unpaired) electrons. The van der Waals surface area contributed by atoms with Crippen LogP contribution in [0.3, 0.4) is 0 Å². The highest BCUT2D eigenvalue weighted by atomic mass is 32.2. The van der Waals surface area contributed by atoms with E-state index in [0.717, 1.165) is 5.75 Å². The molecule has 0 amide bonds. The van der Waals surface area contributed by atoms with E-state index in [1.807, 2.05) is 41.5 Å². The molecule has 0 spiro atoms. The summed E-state index contributed by atoms with van der Waals surface area (Å²) in [5, 5.41) is 0. The minimum absolute atomic E-state index is 0.0360. The van der Waals surface area contributed by atoms with Crippen LogP contribution in [0.1, 0.15) is 48.0 Å². The highest BCUT2D eigenvalue weighted by molar-refractivity contribution is 8.05. The zero-order valence-electron chi connectivity index (χ0n) is 13.7. The summed E-state index contributed by atoms with van der Waals surface area (Å²) in [6, 6.07) is 0. The van der Waals surface area contributed by atoms with Gasteiger partial charge in [0.1, 0.15) is 4.99 Å². The number of rotatable bonds is 5. The Labute approximate surface area is 132 Å². The van der Waals surface area contributed by atoms with Crippen LogP contribution in [0.2, 0.25) is 0 Å². The van der Waals surface area contributed by atoms with E-state index < -0.39 is 13.4 Å². The molecule has 124 valence electrons. The van der Waals surface area contributed by atoms with E-state index in [1.54, 1.807) is 11.8 Å². The summed E-state index contributed by atoms with van der Waals surface area (Å²) in [7, 11) is -3.17. The molecule has 2 fully saturated rings. The van der Waals surface area contributed by atoms with Crippen LogP contribution < -0.4 is 0 Å². The van der Waals surface area contributed by atoms with Crippen molar-refractivity contribution in [2.45, 2.75) is 83.2 Å². The second-order valence-corrected chi connectivity index (χ2v) is 10.3. The van der Waals surface area contributed by atoms with Crippen LogP contribution in [0.5, 0.6) is 0 Å². The second kappa shape index (κ2) is 6.50. The lowest BCUT2D eigenvalue weighted by atomic mass is 10.2. The maximum Gasteiger partial charge on any atom is 0.344 e. The van der Waals surface area contributed by atoms with Crippen molar-refractivity contribution in [1.29, 1.82) is 0 Å². The number of thioether (sulfide) groups is 1. The molecular weight excluding hydrogens is 311 g/mol. The maximum absolute atomic E-state index is 13.2. The minimum atomic E-state index is -3.17. The molecule has 0 bridgehead atoms. The fraction of sp³-hybridized carbons (Fsp3) is 1.00. The highest BCUT2D eigenvalue weighted by Crippen LogP contribution is 2.62. The van der Waals surface area contributed by atoms with Crippen LogP contribution in [-0.2, 0) is 23.1 Å². The number of fused-ring (bicyclic) bond motifs is 1. The van der Waals surface area contributed by atoms with E-state index in [0.29, 0.717) is 6.42 Å². The van der Waals surface area contributed by atoms with Crippen LogP contribution in [0, 0.1) is 0 Å². The van der Waals surface area contributed by atoms with Crippen molar-refractivity contribution in [3.63, 3.8) is 0 Å². The molecule has 2 saturated heterocycles. The maximum atomic E-state index is 13.2. The molecular formula is C14H27O5PS.